The van der Waals surface area contributed by atoms with Crippen LogP contribution in [0.1, 0.15) is 55.6 Å². The molecule has 12 aromatic carbocycles. The summed E-state index contributed by atoms with van der Waals surface area (Å²) < 4.78 is 424. The Labute approximate surface area is 817 Å². The molecule has 0 spiro atoms. The van der Waals surface area contributed by atoms with Gasteiger partial charge in [-0.25, -0.2) is 139 Å². The molecule has 48 heteroatoms. The Balaban J connectivity index is 0.000000222. The molecule has 0 bridgehead atoms. The highest BCUT2D eigenvalue weighted by Gasteiger charge is 2.45. The van der Waals surface area contributed by atoms with E-state index in [-0.39, 0.29) is 84.2 Å². The van der Waals surface area contributed by atoms with Gasteiger partial charge < -0.3 is 0 Å². The van der Waals surface area contributed by atoms with Crippen molar-refractivity contribution in [2.24, 2.45) is 0 Å². The molecule has 0 aromatic heterocycles. The summed E-state index contributed by atoms with van der Waals surface area (Å²) in [6, 6.07) is 33.1. The quantitative estimate of drug-likeness (QED) is 0.0788. The Morgan fingerprint density at radius 1 is 0.240 bits per heavy atom. The van der Waals surface area contributed by atoms with Crippen molar-refractivity contribution >= 4 is 67.8 Å². The van der Waals surface area contributed by atoms with Gasteiger partial charge in [-0.1, -0.05) is 97.1 Å². The van der Waals surface area contributed by atoms with E-state index in [1.807, 2.05) is 0 Å². The van der Waals surface area contributed by atoms with Crippen molar-refractivity contribution in [2.45, 2.75) is 24.7 Å². The van der Waals surface area contributed by atoms with E-state index < -0.39 is 285 Å². The molecule has 0 N–H and O–H groups in total. The zero-order valence-corrected chi connectivity index (χ0v) is 72.2. The molecular weight excluding hydrogens is 2050 g/mol. The van der Waals surface area contributed by atoms with Crippen LogP contribution in [0.3, 0.4) is 0 Å². The molecule has 12 rings (SSSR count). The molecule has 12 aromatic rings. The maximum absolute atomic E-state index is 14.8. The molecule has 150 heavy (non-hydrogen) atoms. The van der Waals surface area contributed by atoms with E-state index in [9.17, 15) is 174 Å². The molecule has 0 aliphatic rings. The van der Waals surface area contributed by atoms with Gasteiger partial charge in [0.25, 0.3) is 45.5 Å². The summed E-state index contributed by atoms with van der Waals surface area (Å²) in [7, 11) is 0. The van der Waals surface area contributed by atoms with E-state index >= 15 is 0 Å². The Hall–Kier alpha value is -21.7. The minimum absolute atomic E-state index is 0.00610. The van der Waals surface area contributed by atoms with Crippen LogP contribution in [0.15, 0.2) is 146 Å². The summed E-state index contributed by atoms with van der Waals surface area (Å²) >= 11 is 0. The van der Waals surface area contributed by atoms with Crippen LogP contribution in [-0.2, 0) is 24.7 Å². The molecule has 0 aliphatic heterocycles. The minimum Gasteiger partial charge on any atom is -0.232 e. The lowest BCUT2D eigenvalue weighted by atomic mass is 9.91. The van der Waals surface area contributed by atoms with Crippen molar-refractivity contribution in [3.8, 4) is 105 Å². The van der Waals surface area contributed by atoms with Gasteiger partial charge in [0.1, 0.15) is 42.0 Å². The van der Waals surface area contributed by atoms with Gasteiger partial charge in [-0.15, -0.1) is 0 Å². The van der Waals surface area contributed by atoms with Crippen LogP contribution in [0.2, 0.25) is 0 Å². The van der Waals surface area contributed by atoms with E-state index in [2.05, 4.69) is 38.8 Å². The first-order chi connectivity index (χ1) is 70.7. The SMILES string of the molecule is [C-]#[N+]/C(C#N)=c1\cc/c(=C(/C#N)c2c(F)c(F)c([N+]#[C-])c(F)c2F)c(-c2cc(C(F)(F)F)ccc2C(F)(F)F)c1.[C-]#[N+]/C(C#N)=c1\cc/c(=C(/C#N)c2c(F)c(F)c([N+]#[C-])c(F)c2F)c(-c2ccc(C(F)(F)F)c(C(F)(F)F)c2)c1.[C-]#[N+]/C(C#N)=c1\cc/c(=C(/C#N)c2c(F)c(F)c([N+]#[C-])c(F)c2F)c(-c2ccc(F)cc2C#N)c1.[C-]#[N+]/C(C#N)=c1\cc/c(=C(/C#N)c2c(F)c(F)c([N+]#[C-])c(F)c2F)c(-c2cccc(F)c2C#N)c1. The average molecular weight is 2070 g/mol. The largest absolute Gasteiger partial charge is 0.417 e. The molecule has 0 fully saturated rings. The molecule has 0 unspecified atom stereocenters. The van der Waals surface area contributed by atoms with Crippen LogP contribution in [0.4, 0.5) is 154 Å². The van der Waals surface area contributed by atoms with Crippen LogP contribution in [0, 0.1) is 271 Å². The molecular formula is C102H24F30N18. The highest BCUT2D eigenvalue weighted by Crippen LogP contribution is 2.46. The maximum atomic E-state index is 14.8. The number of nitriles is 10. The molecule has 0 amide bonds. The Kier molecular flexibility index (Phi) is 33.6. The predicted octanol–water partition coefficient (Wildman–Crippen LogP) is 23.0. The average Bonchev–Trinajstić information content (AvgIpc) is 0.756. The van der Waals surface area contributed by atoms with Gasteiger partial charge in [-0.05, 0) is 103 Å². The topological polar surface area (TPSA) is 273 Å². The summed E-state index contributed by atoms with van der Waals surface area (Å²) in [4.78, 5) is 21.3. The molecule has 0 heterocycles. The van der Waals surface area contributed by atoms with Crippen LogP contribution in [0.25, 0.3) is 128 Å². The lowest BCUT2D eigenvalue weighted by Gasteiger charge is -2.17. The summed E-state index contributed by atoms with van der Waals surface area (Å²) in [5.74, 6) is -35.6. The van der Waals surface area contributed by atoms with Crippen LogP contribution < -0.4 is 41.7 Å². The lowest BCUT2D eigenvalue weighted by molar-refractivity contribution is -0.162. The number of hydrogen-bond acceptors (Lipinski definition) is 10. The fraction of sp³-hybridized carbons (Fsp3) is 0.0392. The second-order valence-corrected chi connectivity index (χ2v) is 28.7. The third-order valence-corrected chi connectivity index (χ3v) is 20.7. The number of alkyl halides is 12. The molecule has 0 atom stereocenters. The van der Waals surface area contributed by atoms with Gasteiger partial charge in [0.05, 0.1) is 161 Å². The summed E-state index contributed by atoms with van der Waals surface area (Å²) in [6.45, 7) is 55.2. The third kappa shape index (κ3) is 21.6. The fourth-order valence-corrected chi connectivity index (χ4v) is 14.0. The summed E-state index contributed by atoms with van der Waals surface area (Å²) in [5, 5.41) is 91.3. The number of rotatable bonds is 8. The van der Waals surface area contributed by atoms with Gasteiger partial charge in [-0.2, -0.15) is 84.3 Å². The van der Waals surface area contributed by atoms with Gasteiger partial charge in [-0.3, -0.25) is 0 Å². The van der Waals surface area contributed by atoms with E-state index in [1.165, 1.54) is 48.5 Å². The molecule has 0 aliphatic carbocycles. The number of halogens is 30. The maximum Gasteiger partial charge on any atom is 0.417 e. The van der Waals surface area contributed by atoms with Crippen molar-refractivity contribution in [1.29, 1.82) is 52.6 Å². The van der Waals surface area contributed by atoms with E-state index in [4.69, 9.17) is 63.1 Å². The van der Waals surface area contributed by atoms with Gasteiger partial charge in [0.2, 0.25) is 0 Å². The summed E-state index contributed by atoms with van der Waals surface area (Å²) in [5.41, 5.74) is -32.1. The van der Waals surface area contributed by atoms with Crippen LogP contribution >= 0.6 is 0 Å². The number of hydrogen-bond donors (Lipinski definition) is 0. The highest BCUT2D eigenvalue weighted by molar-refractivity contribution is 5.90. The first-order valence-electron chi connectivity index (χ1n) is 38.9. The number of benzene rings is 12. The Morgan fingerprint density at radius 2 is 0.533 bits per heavy atom. The monoisotopic (exact) mass is 2070 g/mol. The lowest BCUT2D eigenvalue weighted by Crippen LogP contribution is -2.20. The zero-order chi connectivity index (χ0) is 112. The van der Waals surface area contributed by atoms with Crippen molar-refractivity contribution in [2.75, 3.05) is 0 Å². The third-order valence-electron chi connectivity index (χ3n) is 20.7. The Bertz CT molecular complexity index is 9200. The van der Waals surface area contributed by atoms with E-state index in [1.54, 1.807) is 24.3 Å². The zero-order valence-electron chi connectivity index (χ0n) is 72.2. The normalized spacial score (nSPS) is 12.4. The predicted molar refractivity (Wildman–Crippen MR) is 459 cm³/mol. The first-order valence-corrected chi connectivity index (χ1v) is 38.9. The Morgan fingerprint density at radius 3 is 0.807 bits per heavy atom. The molecule has 0 saturated heterocycles. The molecule has 18 nitrogen and oxygen atoms in total. The smallest absolute Gasteiger partial charge is 0.232 e. The van der Waals surface area contributed by atoms with Crippen molar-refractivity contribution < 1.29 is 132 Å². The molecule has 0 saturated carbocycles. The standard InChI is InChI=1S/2C26H6F10N4.2C25H6F5N5/c1-39-18(10-38)12-3-5-13(15(9-37)19-20(27)22(29)24(40-2)23(30)21(19)28)14(7-12)11-4-6-16(25(31,32)33)17(8-11)26(34,35)36;1-39-18(10-38)11-3-5-13(16(9-37)19-20(27)22(29)24(40-2)23(30)21(19)28)14(7-11)15-8-12(25(31,32)33)4-6-17(15)26(34,35)36;1-34-19(11-33)12-3-5-16(17(8-12)15-6-4-14(26)7-13(15)9-31)18(10-32)20-21(27)23(29)25(35-2)24(30)22(20)28;1-34-19(11-33)12-6-7-14(15(8-12)13-4-3-5-18(26)16(13)9-31)17(10-32)20-21(27)23(29)25(35-2)24(30)22(20)28/h2*3-8H;2*3-8H/b15-13+,18-12+;16-13+,18-11+;18-16+,19-12+;17-14+,19-12+. The van der Waals surface area contributed by atoms with Crippen molar-refractivity contribution in [3.63, 3.8) is 0 Å². The van der Waals surface area contributed by atoms with E-state index in [0.717, 1.165) is 84.9 Å². The first kappa shape index (κ1) is 112. The highest BCUT2D eigenvalue weighted by atomic mass is 19.4. The van der Waals surface area contributed by atoms with Crippen molar-refractivity contribution in [1.82, 2.24) is 0 Å². The van der Waals surface area contributed by atoms with Gasteiger partial charge in [0.15, 0.2) is 93.1 Å². The second kappa shape index (κ2) is 45.1. The van der Waals surface area contributed by atoms with Gasteiger partial charge in [0, 0.05) is 32.0 Å². The minimum atomic E-state index is -5.57. The van der Waals surface area contributed by atoms with Gasteiger partial charge >= 0.3 is 24.7 Å². The summed E-state index contributed by atoms with van der Waals surface area (Å²) in [6.07, 6.45) is -21.6. The number of nitrogens with zero attached hydrogens (tertiary/aromatic N) is 18. The van der Waals surface area contributed by atoms with Crippen LogP contribution in [-0.4, -0.2) is 0 Å². The van der Waals surface area contributed by atoms with E-state index in [0.29, 0.717) is 18.2 Å². The van der Waals surface area contributed by atoms with Crippen molar-refractivity contribution in [3.05, 3.63) is 439 Å². The molecule has 732 valence electrons. The second-order valence-electron chi connectivity index (χ2n) is 28.7. The fourth-order valence-electron chi connectivity index (χ4n) is 14.0. The van der Waals surface area contributed by atoms with Crippen LogP contribution in [0.5, 0.6) is 0 Å². The molecule has 0 radical (unpaired) electrons.